The Morgan fingerprint density at radius 1 is 0.480 bits per heavy atom. The fourth-order valence-electron chi connectivity index (χ4n) is 2.92. The van der Waals surface area contributed by atoms with Gasteiger partial charge in [0.1, 0.15) is 0 Å². The Bertz CT molecular complexity index is 763. The van der Waals surface area contributed by atoms with Crippen LogP contribution < -0.4 is 0 Å². The van der Waals surface area contributed by atoms with Crippen molar-refractivity contribution in [3.63, 3.8) is 0 Å². The van der Waals surface area contributed by atoms with Crippen molar-refractivity contribution in [2.45, 2.75) is 52.4 Å². The molecule has 0 unspecified atom stereocenters. The van der Waals surface area contributed by atoms with Crippen LogP contribution in [0.2, 0.25) is 0 Å². The van der Waals surface area contributed by atoms with E-state index in [0.29, 0.717) is 0 Å². The summed E-state index contributed by atoms with van der Waals surface area (Å²) >= 11 is 1.87. The quantitative estimate of drug-likeness (QED) is 0.445. The minimum absolute atomic E-state index is 0.202. The summed E-state index contributed by atoms with van der Waals surface area (Å²) in [5, 5.41) is 0. The van der Waals surface area contributed by atoms with Gasteiger partial charge in [0.15, 0.2) is 0 Å². The predicted octanol–water partition coefficient (Wildman–Crippen LogP) is 7.68. The molecule has 1 aromatic heterocycles. The van der Waals surface area contributed by atoms with Gasteiger partial charge in [-0.05, 0) is 45.2 Å². The van der Waals surface area contributed by atoms with Gasteiger partial charge in [-0.25, -0.2) is 0 Å². The SMILES string of the molecule is CC(C)(C)c1ccc(-c2ccc(-c3ccc(C(C)(C)C)cc3)s2)cc1. The summed E-state index contributed by atoms with van der Waals surface area (Å²) in [6.07, 6.45) is 0. The number of rotatable bonds is 2. The molecule has 3 aromatic rings. The molecule has 0 aliphatic heterocycles. The largest absolute Gasteiger partial charge is 0.135 e. The van der Waals surface area contributed by atoms with Crippen LogP contribution in [0, 0.1) is 0 Å². The van der Waals surface area contributed by atoms with E-state index in [1.54, 1.807) is 0 Å². The lowest BCUT2D eigenvalue weighted by Crippen LogP contribution is -2.10. The lowest BCUT2D eigenvalue weighted by Gasteiger charge is -2.19. The molecule has 1 heterocycles. The molecule has 0 spiro atoms. The first kappa shape index (κ1) is 17.9. The van der Waals surface area contributed by atoms with Crippen LogP contribution in [0.5, 0.6) is 0 Å². The second-order valence-electron chi connectivity index (χ2n) is 8.82. The second kappa shape index (κ2) is 6.46. The molecule has 0 amide bonds. The Balaban J connectivity index is 1.85. The summed E-state index contributed by atoms with van der Waals surface area (Å²) in [5.74, 6) is 0. The van der Waals surface area contributed by atoms with Crippen molar-refractivity contribution in [3.8, 4) is 20.9 Å². The molecule has 0 saturated heterocycles. The average molecular weight is 349 g/mol. The zero-order valence-corrected chi connectivity index (χ0v) is 17.0. The first-order valence-electron chi connectivity index (χ1n) is 8.96. The van der Waals surface area contributed by atoms with Crippen molar-refractivity contribution < 1.29 is 0 Å². The van der Waals surface area contributed by atoms with Crippen LogP contribution in [-0.2, 0) is 10.8 Å². The van der Waals surface area contributed by atoms with E-state index in [1.807, 2.05) is 11.3 Å². The van der Waals surface area contributed by atoms with Crippen molar-refractivity contribution in [3.05, 3.63) is 71.8 Å². The molecule has 25 heavy (non-hydrogen) atoms. The molecule has 0 aliphatic rings. The lowest BCUT2D eigenvalue weighted by molar-refractivity contribution is 0.590. The smallest absolute Gasteiger partial charge is 0.0349 e. The summed E-state index contributed by atoms with van der Waals surface area (Å²) in [4.78, 5) is 2.66. The summed E-state index contributed by atoms with van der Waals surface area (Å²) in [7, 11) is 0. The lowest BCUT2D eigenvalue weighted by atomic mass is 9.86. The topological polar surface area (TPSA) is 0 Å². The molecule has 0 fully saturated rings. The van der Waals surface area contributed by atoms with Crippen molar-refractivity contribution in [2.24, 2.45) is 0 Å². The van der Waals surface area contributed by atoms with Gasteiger partial charge >= 0.3 is 0 Å². The third-order valence-corrected chi connectivity index (χ3v) is 5.86. The minimum atomic E-state index is 0.202. The average Bonchev–Trinajstić information content (AvgIpc) is 3.03. The second-order valence-corrected chi connectivity index (χ2v) is 9.90. The summed E-state index contributed by atoms with van der Waals surface area (Å²) in [6.45, 7) is 13.5. The Morgan fingerprint density at radius 2 is 0.800 bits per heavy atom. The molecule has 0 saturated carbocycles. The molecule has 3 rings (SSSR count). The van der Waals surface area contributed by atoms with E-state index in [1.165, 1.54) is 32.0 Å². The van der Waals surface area contributed by atoms with Crippen molar-refractivity contribution >= 4 is 11.3 Å². The number of hydrogen-bond donors (Lipinski definition) is 0. The molecule has 1 heteroatoms. The van der Waals surface area contributed by atoms with Crippen LogP contribution in [0.25, 0.3) is 20.9 Å². The number of benzene rings is 2. The molecule has 0 nitrogen and oxygen atoms in total. The number of hydrogen-bond acceptors (Lipinski definition) is 1. The summed E-state index contributed by atoms with van der Waals surface area (Å²) < 4.78 is 0. The molecular formula is C24H28S. The van der Waals surface area contributed by atoms with Gasteiger partial charge in [0, 0.05) is 9.75 Å². The van der Waals surface area contributed by atoms with Gasteiger partial charge in [0.2, 0.25) is 0 Å². The normalized spacial score (nSPS) is 12.4. The molecule has 0 atom stereocenters. The van der Waals surface area contributed by atoms with E-state index in [2.05, 4.69) is 102 Å². The van der Waals surface area contributed by atoms with E-state index in [0.717, 1.165) is 0 Å². The van der Waals surface area contributed by atoms with Crippen LogP contribution in [0.1, 0.15) is 52.7 Å². The maximum absolute atomic E-state index is 2.26. The zero-order valence-electron chi connectivity index (χ0n) is 16.2. The predicted molar refractivity (Wildman–Crippen MR) is 113 cm³/mol. The van der Waals surface area contributed by atoms with Crippen molar-refractivity contribution in [1.29, 1.82) is 0 Å². The van der Waals surface area contributed by atoms with Crippen LogP contribution in [0.15, 0.2) is 60.7 Å². The van der Waals surface area contributed by atoms with Crippen LogP contribution >= 0.6 is 11.3 Å². The highest BCUT2D eigenvalue weighted by atomic mass is 32.1. The fraction of sp³-hybridized carbons (Fsp3) is 0.333. The maximum atomic E-state index is 2.26. The molecule has 2 aromatic carbocycles. The molecule has 0 aliphatic carbocycles. The Hall–Kier alpha value is -1.86. The highest BCUT2D eigenvalue weighted by Crippen LogP contribution is 2.36. The fourth-order valence-corrected chi connectivity index (χ4v) is 3.93. The van der Waals surface area contributed by atoms with Gasteiger partial charge in [0.05, 0.1) is 0 Å². The third kappa shape index (κ3) is 4.04. The molecule has 0 bridgehead atoms. The molecule has 0 radical (unpaired) electrons. The maximum Gasteiger partial charge on any atom is 0.0349 e. The van der Waals surface area contributed by atoms with E-state index >= 15 is 0 Å². The highest BCUT2D eigenvalue weighted by molar-refractivity contribution is 7.18. The van der Waals surface area contributed by atoms with E-state index in [4.69, 9.17) is 0 Å². The third-order valence-electron chi connectivity index (χ3n) is 4.68. The van der Waals surface area contributed by atoms with Gasteiger partial charge in [-0.15, -0.1) is 11.3 Å². The first-order chi connectivity index (χ1) is 11.6. The van der Waals surface area contributed by atoms with Crippen molar-refractivity contribution in [1.82, 2.24) is 0 Å². The minimum Gasteiger partial charge on any atom is -0.135 e. The Kier molecular flexibility index (Phi) is 4.64. The zero-order chi connectivity index (χ0) is 18.2. The van der Waals surface area contributed by atoms with Gasteiger partial charge in [-0.1, -0.05) is 90.1 Å². The van der Waals surface area contributed by atoms with E-state index in [9.17, 15) is 0 Å². The highest BCUT2D eigenvalue weighted by Gasteiger charge is 2.15. The van der Waals surface area contributed by atoms with Gasteiger partial charge in [-0.2, -0.15) is 0 Å². The summed E-state index contributed by atoms with van der Waals surface area (Å²) in [6, 6.07) is 22.5. The standard InChI is InChI=1S/C24H28S/c1-23(2,3)19-11-7-17(8-12-19)21-15-16-22(25-21)18-9-13-20(14-10-18)24(4,5)6/h7-16H,1-6H3. The van der Waals surface area contributed by atoms with Gasteiger partial charge < -0.3 is 0 Å². The van der Waals surface area contributed by atoms with Gasteiger partial charge in [0.25, 0.3) is 0 Å². The molecule has 0 N–H and O–H groups in total. The molecule has 130 valence electrons. The van der Waals surface area contributed by atoms with E-state index < -0.39 is 0 Å². The molecular weight excluding hydrogens is 320 g/mol. The van der Waals surface area contributed by atoms with E-state index in [-0.39, 0.29) is 10.8 Å². The monoisotopic (exact) mass is 348 g/mol. The summed E-state index contributed by atoms with van der Waals surface area (Å²) in [5.41, 5.74) is 5.77. The number of thiophene rings is 1. The van der Waals surface area contributed by atoms with Gasteiger partial charge in [-0.3, -0.25) is 0 Å². The first-order valence-corrected chi connectivity index (χ1v) is 9.78. The Labute approximate surface area is 156 Å². The Morgan fingerprint density at radius 3 is 1.08 bits per heavy atom. The van der Waals surface area contributed by atoms with Crippen LogP contribution in [0.4, 0.5) is 0 Å². The van der Waals surface area contributed by atoms with Crippen molar-refractivity contribution in [2.75, 3.05) is 0 Å². The van der Waals surface area contributed by atoms with Crippen LogP contribution in [-0.4, -0.2) is 0 Å². The van der Waals surface area contributed by atoms with Crippen LogP contribution in [0.3, 0.4) is 0 Å².